The van der Waals surface area contributed by atoms with Gasteiger partial charge in [-0.15, -0.1) is 0 Å². The molecule has 1 aliphatic rings. The number of carbonyl (C=O) groups excluding carboxylic acids is 1. The molecule has 0 spiro atoms. The molecule has 0 aromatic heterocycles. The Kier molecular flexibility index (Phi) is 4.19. The maximum Gasteiger partial charge on any atom is 0.240 e. The molecule has 1 radical (unpaired) electrons. The van der Waals surface area contributed by atoms with Crippen LogP contribution in [0.5, 0.6) is 0 Å². The third-order valence-corrected chi connectivity index (χ3v) is 4.15. The van der Waals surface area contributed by atoms with Crippen molar-refractivity contribution >= 4 is 34.8 Å². The number of benzene rings is 2. The van der Waals surface area contributed by atoms with Crippen LogP contribution in [0.1, 0.15) is 30.5 Å². The monoisotopic (exact) mass is 331 g/mol. The second kappa shape index (κ2) is 6.11. The van der Waals surface area contributed by atoms with E-state index in [4.69, 9.17) is 23.2 Å². The Morgan fingerprint density at radius 2 is 2.18 bits per heavy atom. The highest BCUT2D eigenvalue weighted by molar-refractivity contribution is 6.36. The van der Waals surface area contributed by atoms with Crippen molar-refractivity contribution in [2.24, 2.45) is 5.10 Å². The van der Waals surface area contributed by atoms with Crippen molar-refractivity contribution in [3.8, 4) is 0 Å². The number of rotatable bonds is 2. The number of amides is 1. The summed E-state index contributed by atoms with van der Waals surface area (Å²) >= 11 is 12.3. The minimum atomic E-state index is -0.139. The van der Waals surface area contributed by atoms with Crippen LogP contribution in [-0.4, -0.2) is 16.6 Å². The van der Waals surface area contributed by atoms with Crippen molar-refractivity contribution in [1.29, 1.82) is 0 Å². The van der Waals surface area contributed by atoms with E-state index in [0.29, 0.717) is 16.5 Å². The second-order valence-electron chi connectivity index (χ2n) is 5.09. The molecule has 2 aromatic rings. The summed E-state index contributed by atoms with van der Waals surface area (Å²) in [6.07, 6.45) is 0.595. The molecule has 22 heavy (non-hydrogen) atoms. The zero-order valence-corrected chi connectivity index (χ0v) is 13.4. The molecule has 1 aliphatic heterocycles. The van der Waals surface area contributed by atoms with Gasteiger partial charge in [0.25, 0.3) is 0 Å². The summed E-state index contributed by atoms with van der Waals surface area (Å²) in [4.78, 5) is 11.9. The highest BCUT2D eigenvalue weighted by atomic mass is 35.5. The van der Waals surface area contributed by atoms with E-state index in [1.54, 1.807) is 18.2 Å². The van der Waals surface area contributed by atoms with Gasteiger partial charge in [0, 0.05) is 29.0 Å². The van der Waals surface area contributed by atoms with Crippen LogP contribution in [0.25, 0.3) is 0 Å². The predicted molar refractivity (Wildman–Crippen MR) is 88.2 cm³/mol. The Hall–Kier alpha value is -1.84. The minimum absolute atomic E-state index is 0.109. The number of nitrogens with zero attached hydrogens (tertiary/aromatic N) is 2. The molecule has 0 bridgehead atoms. The van der Waals surface area contributed by atoms with Crippen LogP contribution in [0.3, 0.4) is 0 Å². The van der Waals surface area contributed by atoms with Crippen molar-refractivity contribution in [2.45, 2.75) is 19.4 Å². The number of hydrogen-bond acceptors (Lipinski definition) is 2. The van der Waals surface area contributed by atoms with Gasteiger partial charge in [-0.05, 0) is 35.9 Å². The second-order valence-corrected chi connectivity index (χ2v) is 5.93. The molecular weight excluding hydrogens is 319 g/mol. The smallest absolute Gasteiger partial charge is 0.240 e. The lowest BCUT2D eigenvalue weighted by molar-refractivity contribution is -0.130. The summed E-state index contributed by atoms with van der Waals surface area (Å²) in [5, 5.41) is 7.12. The maximum atomic E-state index is 11.9. The molecule has 1 amide bonds. The molecular formula is C17H13Cl2N2O. The zero-order valence-electron chi connectivity index (χ0n) is 11.9. The van der Waals surface area contributed by atoms with E-state index in [9.17, 15) is 4.79 Å². The molecule has 3 nitrogen and oxygen atoms in total. The summed E-state index contributed by atoms with van der Waals surface area (Å²) in [5.74, 6) is -0.109. The van der Waals surface area contributed by atoms with Crippen molar-refractivity contribution in [1.82, 2.24) is 5.01 Å². The molecule has 111 valence electrons. The molecule has 1 atom stereocenters. The van der Waals surface area contributed by atoms with E-state index in [-0.39, 0.29) is 11.9 Å². The first-order chi connectivity index (χ1) is 10.6. The number of hydrogen-bond donors (Lipinski definition) is 0. The van der Waals surface area contributed by atoms with E-state index in [1.807, 2.05) is 24.3 Å². The fourth-order valence-electron chi connectivity index (χ4n) is 2.56. The Balaban J connectivity index is 2.00. The van der Waals surface area contributed by atoms with E-state index in [0.717, 1.165) is 16.8 Å². The van der Waals surface area contributed by atoms with Gasteiger partial charge >= 0.3 is 0 Å². The van der Waals surface area contributed by atoms with Gasteiger partial charge in [0.05, 0.1) is 11.8 Å². The molecule has 1 heterocycles. The first kappa shape index (κ1) is 15.1. The molecule has 2 aromatic carbocycles. The van der Waals surface area contributed by atoms with E-state index < -0.39 is 0 Å². The van der Waals surface area contributed by atoms with Crippen LogP contribution >= 0.6 is 23.2 Å². The first-order valence-electron chi connectivity index (χ1n) is 6.85. The third kappa shape index (κ3) is 2.87. The molecule has 0 fully saturated rings. The summed E-state index contributed by atoms with van der Waals surface area (Å²) in [5.41, 5.74) is 2.52. The van der Waals surface area contributed by atoms with Gasteiger partial charge < -0.3 is 0 Å². The molecule has 5 heteroatoms. The molecule has 3 rings (SSSR count). The third-order valence-electron chi connectivity index (χ3n) is 3.59. The summed E-state index contributed by atoms with van der Waals surface area (Å²) < 4.78 is 0. The average molecular weight is 332 g/mol. The van der Waals surface area contributed by atoms with Crippen LogP contribution in [0.15, 0.2) is 47.6 Å². The predicted octanol–water partition coefficient (Wildman–Crippen LogP) is 4.49. The molecule has 1 unspecified atom stereocenters. The van der Waals surface area contributed by atoms with Crippen molar-refractivity contribution in [3.05, 3.63) is 69.7 Å². The lowest BCUT2D eigenvalue weighted by Crippen LogP contribution is -2.24. The highest BCUT2D eigenvalue weighted by Gasteiger charge is 2.31. The largest absolute Gasteiger partial charge is 0.273 e. The van der Waals surface area contributed by atoms with Gasteiger partial charge in [0.2, 0.25) is 5.91 Å². The summed E-state index contributed by atoms with van der Waals surface area (Å²) in [6, 6.07) is 15.7. The lowest BCUT2D eigenvalue weighted by Gasteiger charge is -2.20. The van der Waals surface area contributed by atoms with Crippen LogP contribution in [-0.2, 0) is 4.79 Å². The van der Waals surface area contributed by atoms with Crippen molar-refractivity contribution < 1.29 is 4.79 Å². The standard InChI is InChI=1S/C17H13Cl2N2O/c1-11(22)21-17(12-5-3-2-4-6-12)10-16(20-21)14-9-13(18)7-8-15(14)19/h2-3,5-9,17H,10H2,1H3. The van der Waals surface area contributed by atoms with E-state index in [1.165, 1.54) is 11.9 Å². The normalized spacial score (nSPS) is 17.5. The topological polar surface area (TPSA) is 32.7 Å². The van der Waals surface area contributed by atoms with Crippen LogP contribution in [0.2, 0.25) is 10.0 Å². The van der Waals surface area contributed by atoms with Gasteiger partial charge in [-0.2, -0.15) is 5.10 Å². The number of halogens is 2. The number of hydrazone groups is 1. The van der Waals surface area contributed by atoms with Gasteiger partial charge in [-0.3, -0.25) is 4.79 Å². The van der Waals surface area contributed by atoms with Crippen LogP contribution in [0.4, 0.5) is 0 Å². The lowest BCUT2D eigenvalue weighted by atomic mass is 9.98. The van der Waals surface area contributed by atoms with E-state index >= 15 is 0 Å². The molecule has 0 N–H and O–H groups in total. The van der Waals surface area contributed by atoms with Gasteiger partial charge in [-0.25, -0.2) is 5.01 Å². The first-order valence-corrected chi connectivity index (χ1v) is 7.60. The summed E-state index contributed by atoms with van der Waals surface area (Å²) in [7, 11) is 0. The average Bonchev–Trinajstić information content (AvgIpc) is 2.96. The highest BCUT2D eigenvalue weighted by Crippen LogP contribution is 2.34. The Labute approximate surface area is 139 Å². The maximum absolute atomic E-state index is 11.9. The van der Waals surface area contributed by atoms with Crippen LogP contribution in [0, 0.1) is 6.07 Å². The fraction of sp³-hybridized carbons (Fsp3) is 0.176. The van der Waals surface area contributed by atoms with Gasteiger partial charge in [0.15, 0.2) is 0 Å². The Morgan fingerprint density at radius 3 is 2.86 bits per heavy atom. The minimum Gasteiger partial charge on any atom is -0.273 e. The quantitative estimate of drug-likeness (QED) is 0.797. The van der Waals surface area contributed by atoms with Crippen molar-refractivity contribution in [2.75, 3.05) is 0 Å². The molecule has 0 aliphatic carbocycles. The number of carbonyl (C=O) groups is 1. The molecule has 0 saturated carbocycles. The molecule has 0 saturated heterocycles. The van der Waals surface area contributed by atoms with Gasteiger partial charge in [-0.1, -0.05) is 41.4 Å². The van der Waals surface area contributed by atoms with Crippen LogP contribution < -0.4 is 0 Å². The fourth-order valence-corrected chi connectivity index (χ4v) is 2.95. The Morgan fingerprint density at radius 1 is 1.36 bits per heavy atom. The zero-order chi connectivity index (χ0) is 15.7. The van der Waals surface area contributed by atoms with E-state index in [2.05, 4.69) is 11.2 Å². The summed E-state index contributed by atoms with van der Waals surface area (Å²) in [6.45, 7) is 1.51. The Bertz CT molecular complexity index is 744. The van der Waals surface area contributed by atoms with Gasteiger partial charge in [0.1, 0.15) is 0 Å². The van der Waals surface area contributed by atoms with Crippen molar-refractivity contribution in [3.63, 3.8) is 0 Å². The SMILES string of the molecule is CC(=O)N1N=C(c2cc(Cl)ccc2Cl)CC1c1c[c]ccc1.